The van der Waals surface area contributed by atoms with Crippen molar-refractivity contribution in [3.05, 3.63) is 24.0 Å². The molecule has 0 aliphatic rings. The maximum atomic E-state index is 13.0. The van der Waals surface area contributed by atoms with E-state index in [1.165, 1.54) is 12.1 Å². The number of anilines is 2. The van der Waals surface area contributed by atoms with Gasteiger partial charge in [-0.1, -0.05) is 13.3 Å². The first-order chi connectivity index (χ1) is 6.63. The number of nitrogens with zero attached hydrogens (tertiary/aromatic N) is 1. The smallest absolute Gasteiger partial charge is 0.127 e. The number of hydrogen-bond acceptors (Lipinski definition) is 2. The molecule has 0 aliphatic carbocycles. The maximum absolute atomic E-state index is 13.0. The molecule has 78 valence electrons. The van der Waals surface area contributed by atoms with Crippen molar-refractivity contribution in [2.24, 2.45) is 0 Å². The van der Waals surface area contributed by atoms with E-state index in [9.17, 15) is 4.39 Å². The van der Waals surface area contributed by atoms with Crippen molar-refractivity contribution < 1.29 is 4.39 Å². The molecule has 1 rings (SSSR count). The van der Waals surface area contributed by atoms with Crippen LogP contribution in [0.15, 0.2) is 18.2 Å². The summed E-state index contributed by atoms with van der Waals surface area (Å²) in [6.07, 6.45) is 2.24. The van der Waals surface area contributed by atoms with Crippen LogP contribution in [0.25, 0.3) is 0 Å². The Morgan fingerprint density at radius 1 is 1.36 bits per heavy atom. The Labute approximate surface area is 84.5 Å². The predicted molar refractivity (Wildman–Crippen MR) is 59.0 cm³/mol. The van der Waals surface area contributed by atoms with Gasteiger partial charge in [0, 0.05) is 25.0 Å². The monoisotopic (exact) mass is 196 g/mol. The van der Waals surface area contributed by atoms with Gasteiger partial charge in [0.2, 0.25) is 0 Å². The Kier molecular flexibility index (Phi) is 3.74. The Balaban J connectivity index is 2.73. The standard InChI is InChI=1S/C11H17FN2/c1-3-4-5-14(2)11-7-9(12)6-10(13)8-11/h6-8H,3-5,13H2,1-2H3. The lowest BCUT2D eigenvalue weighted by molar-refractivity contribution is 0.627. The van der Waals surface area contributed by atoms with E-state index >= 15 is 0 Å². The van der Waals surface area contributed by atoms with E-state index in [0.717, 1.165) is 25.1 Å². The number of rotatable bonds is 4. The molecule has 2 N–H and O–H groups in total. The number of unbranched alkanes of at least 4 members (excludes halogenated alkanes) is 1. The molecule has 1 aromatic carbocycles. The molecule has 0 amide bonds. The average molecular weight is 196 g/mol. The quantitative estimate of drug-likeness (QED) is 0.750. The van der Waals surface area contributed by atoms with Crippen LogP contribution < -0.4 is 10.6 Å². The first kappa shape index (κ1) is 10.8. The maximum Gasteiger partial charge on any atom is 0.127 e. The minimum Gasteiger partial charge on any atom is -0.399 e. The van der Waals surface area contributed by atoms with Gasteiger partial charge in [0.15, 0.2) is 0 Å². The molecule has 14 heavy (non-hydrogen) atoms. The molecule has 0 aromatic heterocycles. The largest absolute Gasteiger partial charge is 0.399 e. The summed E-state index contributed by atoms with van der Waals surface area (Å²) in [5, 5.41) is 0. The van der Waals surface area contributed by atoms with Crippen molar-refractivity contribution in [3.63, 3.8) is 0 Å². The van der Waals surface area contributed by atoms with Gasteiger partial charge in [-0.2, -0.15) is 0 Å². The van der Waals surface area contributed by atoms with E-state index in [4.69, 9.17) is 5.73 Å². The van der Waals surface area contributed by atoms with E-state index in [0.29, 0.717) is 5.69 Å². The Morgan fingerprint density at radius 2 is 2.07 bits per heavy atom. The predicted octanol–water partition coefficient (Wildman–Crippen LogP) is 2.64. The number of nitrogen functional groups attached to an aromatic ring is 1. The molecule has 0 saturated carbocycles. The molecule has 0 saturated heterocycles. The zero-order valence-corrected chi connectivity index (χ0v) is 8.76. The fourth-order valence-corrected chi connectivity index (χ4v) is 1.34. The second kappa shape index (κ2) is 4.84. The lowest BCUT2D eigenvalue weighted by atomic mass is 10.2. The zero-order valence-electron chi connectivity index (χ0n) is 8.76. The molecule has 0 aliphatic heterocycles. The van der Waals surface area contributed by atoms with Crippen LogP contribution in [0, 0.1) is 5.82 Å². The lowest BCUT2D eigenvalue weighted by Crippen LogP contribution is -2.18. The molecule has 0 unspecified atom stereocenters. The molecule has 0 fully saturated rings. The van der Waals surface area contributed by atoms with Gasteiger partial charge in [-0.3, -0.25) is 0 Å². The average Bonchev–Trinajstić information content (AvgIpc) is 2.12. The summed E-state index contributed by atoms with van der Waals surface area (Å²) in [5.41, 5.74) is 6.88. The summed E-state index contributed by atoms with van der Waals surface area (Å²) in [4.78, 5) is 2.02. The highest BCUT2D eigenvalue weighted by atomic mass is 19.1. The van der Waals surface area contributed by atoms with E-state index in [1.807, 2.05) is 11.9 Å². The number of nitrogens with two attached hydrogens (primary N) is 1. The fourth-order valence-electron chi connectivity index (χ4n) is 1.34. The molecular formula is C11H17FN2. The van der Waals surface area contributed by atoms with Crippen molar-refractivity contribution in [1.29, 1.82) is 0 Å². The molecule has 1 aromatic rings. The van der Waals surface area contributed by atoms with Gasteiger partial charge >= 0.3 is 0 Å². The minimum atomic E-state index is -0.275. The van der Waals surface area contributed by atoms with Crippen molar-refractivity contribution in [3.8, 4) is 0 Å². The van der Waals surface area contributed by atoms with Crippen LogP contribution in [0.5, 0.6) is 0 Å². The van der Waals surface area contributed by atoms with Crippen molar-refractivity contribution in [2.75, 3.05) is 24.2 Å². The van der Waals surface area contributed by atoms with Crippen LogP contribution in [0.1, 0.15) is 19.8 Å². The minimum absolute atomic E-state index is 0.275. The van der Waals surface area contributed by atoms with Crippen LogP contribution in [-0.4, -0.2) is 13.6 Å². The number of benzene rings is 1. The molecule has 2 nitrogen and oxygen atoms in total. The molecule has 0 spiro atoms. The van der Waals surface area contributed by atoms with E-state index in [-0.39, 0.29) is 5.82 Å². The summed E-state index contributed by atoms with van der Waals surface area (Å²) in [6, 6.07) is 4.63. The van der Waals surface area contributed by atoms with Crippen LogP contribution in [0.4, 0.5) is 15.8 Å². The van der Waals surface area contributed by atoms with Crippen LogP contribution in [0.2, 0.25) is 0 Å². The highest BCUT2D eigenvalue weighted by Gasteiger charge is 2.02. The normalized spacial score (nSPS) is 10.2. The second-order valence-corrected chi connectivity index (χ2v) is 3.52. The van der Waals surface area contributed by atoms with Gasteiger partial charge in [0.1, 0.15) is 5.82 Å². The van der Waals surface area contributed by atoms with Crippen LogP contribution in [-0.2, 0) is 0 Å². The van der Waals surface area contributed by atoms with E-state index < -0.39 is 0 Å². The van der Waals surface area contributed by atoms with Gasteiger partial charge in [-0.05, 0) is 24.6 Å². The lowest BCUT2D eigenvalue weighted by Gasteiger charge is -2.19. The summed E-state index contributed by atoms with van der Waals surface area (Å²) in [7, 11) is 1.95. The first-order valence-electron chi connectivity index (χ1n) is 4.90. The van der Waals surface area contributed by atoms with Crippen molar-refractivity contribution in [1.82, 2.24) is 0 Å². The molecule has 3 heteroatoms. The molecule has 0 radical (unpaired) electrons. The molecule has 0 bridgehead atoms. The Morgan fingerprint density at radius 3 is 2.64 bits per heavy atom. The van der Waals surface area contributed by atoms with Gasteiger partial charge in [0.05, 0.1) is 0 Å². The zero-order chi connectivity index (χ0) is 10.6. The third kappa shape index (κ3) is 2.91. The SMILES string of the molecule is CCCCN(C)c1cc(N)cc(F)c1. The van der Waals surface area contributed by atoms with Crippen molar-refractivity contribution >= 4 is 11.4 Å². The molecular weight excluding hydrogens is 179 g/mol. The summed E-state index contributed by atoms with van der Waals surface area (Å²) in [5.74, 6) is -0.275. The molecule has 0 atom stereocenters. The third-order valence-corrected chi connectivity index (χ3v) is 2.19. The van der Waals surface area contributed by atoms with E-state index in [1.54, 1.807) is 6.07 Å². The Bertz CT molecular complexity index is 279. The number of hydrogen-bond donors (Lipinski definition) is 1. The summed E-state index contributed by atoms with van der Waals surface area (Å²) >= 11 is 0. The second-order valence-electron chi connectivity index (χ2n) is 3.52. The van der Waals surface area contributed by atoms with E-state index in [2.05, 4.69) is 6.92 Å². The topological polar surface area (TPSA) is 29.3 Å². The highest BCUT2D eigenvalue weighted by Crippen LogP contribution is 2.19. The van der Waals surface area contributed by atoms with Gasteiger partial charge in [-0.15, -0.1) is 0 Å². The first-order valence-corrected chi connectivity index (χ1v) is 4.90. The third-order valence-electron chi connectivity index (χ3n) is 2.19. The summed E-state index contributed by atoms with van der Waals surface area (Å²) in [6.45, 7) is 3.06. The fraction of sp³-hybridized carbons (Fsp3) is 0.455. The molecule has 0 heterocycles. The van der Waals surface area contributed by atoms with Crippen LogP contribution >= 0.6 is 0 Å². The van der Waals surface area contributed by atoms with Gasteiger partial charge in [0.25, 0.3) is 0 Å². The summed E-state index contributed by atoms with van der Waals surface area (Å²) < 4.78 is 13.0. The van der Waals surface area contributed by atoms with Gasteiger partial charge < -0.3 is 10.6 Å². The van der Waals surface area contributed by atoms with Crippen LogP contribution in [0.3, 0.4) is 0 Å². The van der Waals surface area contributed by atoms with Crippen molar-refractivity contribution in [2.45, 2.75) is 19.8 Å². The number of halogens is 1. The Hall–Kier alpha value is -1.25. The van der Waals surface area contributed by atoms with Gasteiger partial charge in [-0.25, -0.2) is 4.39 Å². The highest BCUT2D eigenvalue weighted by molar-refractivity contribution is 5.55.